The molecule has 0 unspecified atom stereocenters. The minimum atomic E-state index is 0.433. The van der Waals surface area contributed by atoms with Crippen molar-refractivity contribution in [1.29, 1.82) is 0 Å². The Morgan fingerprint density at radius 3 is 2.53 bits per heavy atom. The largest absolute Gasteiger partial charge is 0.374 e. The lowest BCUT2D eigenvalue weighted by molar-refractivity contribution is -0.0376. The first-order valence-electron chi connectivity index (χ1n) is 5.34. The average molecular weight is 270 g/mol. The summed E-state index contributed by atoms with van der Waals surface area (Å²) >= 11 is 3.41. The van der Waals surface area contributed by atoms with Crippen molar-refractivity contribution in [2.45, 2.75) is 25.6 Å². The van der Waals surface area contributed by atoms with E-state index >= 15 is 0 Å². The molecule has 0 radical (unpaired) electrons. The normalized spacial score (nSPS) is 24.9. The summed E-state index contributed by atoms with van der Waals surface area (Å²) in [6.07, 6.45) is 2.70. The second-order valence-corrected chi connectivity index (χ2v) is 5.05. The van der Waals surface area contributed by atoms with Crippen LogP contribution < -0.4 is 5.73 Å². The van der Waals surface area contributed by atoms with Crippen LogP contribution in [0.25, 0.3) is 0 Å². The van der Waals surface area contributed by atoms with E-state index in [1.165, 1.54) is 5.56 Å². The van der Waals surface area contributed by atoms with E-state index in [2.05, 4.69) is 28.1 Å². The minimum Gasteiger partial charge on any atom is -0.374 e. The summed E-state index contributed by atoms with van der Waals surface area (Å²) in [5, 5.41) is 0. The Kier molecular flexibility index (Phi) is 3.78. The minimum absolute atomic E-state index is 0.433. The zero-order chi connectivity index (χ0) is 10.7. The van der Waals surface area contributed by atoms with Gasteiger partial charge in [-0.2, -0.15) is 0 Å². The van der Waals surface area contributed by atoms with Gasteiger partial charge in [-0.25, -0.2) is 0 Å². The zero-order valence-corrected chi connectivity index (χ0v) is 10.2. The van der Waals surface area contributed by atoms with Crippen LogP contribution in [-0.2, 0) is 11.3 Å². The van der Waals surface area contributed by atoms with Crippen LogP contribution in [0.4, 0.5) is 0 Å². The number of nitrogens with two attached hydrogens (primary N) is 1. The molecular weight excluding hydrogens is 254 g/mol. The monoisotopic (exact) mass is 269 g/mol. The summed E-state index contributed by atoms with van der Waals surface area (Å²) in [6, 6.07) is 8.26. The predicted molar refractivity (Wildman–Crippen MR) is 64.5 cm³/mol. The summed E-state index contributed by atoms with van der Waals surface area (Å²) in [5.74, 6) is 0.694. The molecule has 1 saturated carbocycles. The van der Waals surface area contributed by atoms with E-state index in [-0.39, 0.29) is 0 Å². The molecule has 2 rings (SSSR count). The first kappa shape index (κ1) is 11.1. The molecule has 0 saturated heterocycles. The molecule has 0 atom stereocenters. The molecular formula is C12H16BrNO. The van der Waals surface area contributed by atoms with E-state index in [0.29, 0.717) is 12.0 Å². The molecule has 0 heterocycles. The zero-order valence-electron chi connectivity index (χ0n) is 8.66. The van der Waals surface area contributed by atoms with Gasteiger partial charge in [-0.15, -0.1) is 0 Å². The number of hydrogen-bond acceptors (Lipinski definition) is 2. The van der Waals surface area contributed by atoms with Crippen molar-refractivity contribution in [3.8, 4) is 0 Å². The van der Waals surface area contributed by atoms with Crippen molar-refractivity contribution in [2.24, 2.45) is 11.7 Å². The van der Waals surface area contributed by atoms with Crippen molar-refractivity contribution in [3.63, 3.8) is 0 Å². The number of ether oxygens (including phenoxy) is 1. The van der Waals surface area contributed by atoms with Gasteiger partial charge in [0.1, 0.15) is 0 Å². The topological polar surface area (TPSA) is 35.2 Å². The highest BCUT2D eigenvalue weighted by Crippen LogP contribution is 2.29. The molecule has 0 aliphatic heterocycles. The van der Waals surface area contributed by atoms with E-state index in [1.54, 1.807) is 0 Å². The van der Waals surface area contributed by atoms with Crippen molar-refractivity contribution in [1.82, 2.24) is 0 Å². The van der Waals surface area contributed by atoms with E-state index in [4.69, 9.17) is 10.5 Å². The third kappa shape index (κ3) is 3.03. The van der Waals surface area contributed by atoms with Gasteiger partial charge in [-0.1, -0.05) is 28.1 Å². The Hall–Kier alpha value is -0.380. The van der Waals surface area contributed by atoms with Crippen molar-refractivity contribution < 1.29 is 4.74 Å². The smallest absolute Gasteiger partial charge is 0.0720 e. The third-order valence-corrected chi connectivity index (χ3v) is 3.45. The lowest BCUT2D eigenvalue weighted by Crippen LogP contribution is -2.35. The highest BCUT2D eigenvalue weighted by molar-refractivity contribution is 9.10. The second-order valence-electron chi connectivity index (χ2n) is 4.13. The van der Waals surface area contributed by atoms with Gasteiger partial charge < -0.3 is 10.5 Å². The van der Waals surface area contributed by atoms with Crippen molar-refractivity contribution in [2.75, 3.05) is 6.54 Å². The van der Waals surface area contributed by atoms with E-state index < -0.39 is 0 Å². The molecule has 3 heteroatoms. The summed E-state index contributed by atoms with van der Waals surface area (Å²) in [4.78, 5) is 0. The van der Waals surface area contributed by atoms with E-state index in [1.807, 2.05) is 12.1 Å². The number of rotatable bonds is 4. The first-order valence-corrected chi connectivity index (χ1v) is 6.13. The Labute approximate surface area is 98.9 Å². The summed E-state index contributed by atoms with van der Waals surface area (Å²) < 4.78 is 6.87. The van der Waals surface area contributed by atoms with Gasteiger partial charge in [0.05, 0.1) is 12.7 Å². The molecule has 2 nitrogen and oxygen atoms in total. The second kappa shape index (κ2) is 5.10. The average Bonchev–Trinajstić information content (AvgIpc) is 2.19. The van der Waals surface area contributed by atoms with Crippen molar-refractivity contribution in [3.05, 3.63) is 34.3 Å². The Balaban J connectivity index is 1.72. The molecule has 1 aliphatic rings. The van der Waals surface area contributed by atoms with Crippen LogP contribution in [0.15, 0.2) is 28.7 Å². The maximum Gasteiger partial charge on any atom is 0.0720 e. The van der Waals surface area contributed by atoms with E-state index in [0.717, 1.165) is 30.5 Å². The highest BCUT2D eigenvalue weighted by atomic mass is 79.9. The van der Waals surface area contributed by atoms with Gasteiger partial charge >= 0.3 is 0 Å². The lowest BCUT2D eigenvalue weighted by atomic mass is 9.82. The first-order chi connectivity index (χ1) is 7.28. The van der Waals surface area contributed by atoms with Crippen LogP contribution in [0.2, 0.25) is 0 Å². The molecule has 15 heavy (non-hydrogen) atoms. The quantitative estimate of drug-likeness (QED) is 0.913. The van der Waals surface area contributed by atoms with Crippen LogP contribution in [0.3, 0.4) is 0 Å². The van der Waals surface area contributed by atoms with Gasteiger partial charge in [-0.05, 0) is 43.0 Å². The SMILES string of the molecule is NCC1CC(OCc2ccc(Br)cc2)C1. The third-order valence-electron chi connectivity index (χ3n) is 2.92. The molecule has 2 N–H and O–H groups in total. The van der Waals surface area contributed by atoms with Crippen LogP contribution in [0.1, 0.15) is 18.4 Å². The maximum atomic E-state index is 5.77. The van der Waals surface area contributed by atoms with Gasteiger partial charge in [0.15, 0.2) is 0 Å². The molecule has 0 bridgehead atoms. The fourth-order valence-electron chi connectivity index (χ4n) is 1.80. The molecule has 82 valence electrons. The van der Waals surface area contributed by atoms with Crippen LogP contribution in [0, 0.1) is 5.92 Å². The van der Waals surface area contributed by atoms with E-state index in [9.17, 15) is 0 Å². The van der Waals surface area contributed by atoms with Crippen molar-refractivity contribution >= 4 is 15.9 Å². The van der Waals surface area contributed by atoms with Crippen LogP contribution in [-0.4, -0.2) is 12.6 Å². The fourth-order valence-corrected chi connectivity index (χ4v) is 2.06. The van der Waals surface area contributed by atoms with Gasteiger partial charge in [0, 0.05) is 4.47 Å². The van der Waals surface area contributed by atoms with Crippen LogP contribution in [0.5, 0.6) is 0 Å². The highest BCUT2D eigenvalue weighted by Gasteiger charge is 2.28. The maximum absolute atomic E-state index is 5.77. The fraction of sp³-hybridized carbons (Fsp3) is 0.500. The molecule has 0 aromatic heterocycles. The molecule has 0 spiro atoms. The summed E-state index contributed by atoms with van der Waals surface area (Å²) in [5.41, 5.74) is 6.79. The summed E-state index contributed by atoms with van der Waals surface area (Å²) in [6.45, 7) is 1.52. The van der Waals surface area contributed by atoms with Gasteiger partial charge in [0.25, 0.3) is 0 Å². The summed E-state index contributed by atoms with van der Waals surface area (Å²) in [7, 11) is 0. The molecule has 1 aromatic carbocycles. The van der Waals surface area contributed by atoms with Gasteiger partial charge in [0.2, 0.25) is 0 Å². The molecule has 1 aliphatic carbocycles. The predicted octanol–water partition coefficient (Wildman–Crippen LogP) is 2.70. The Morgan fingerprint density at radius 1 is 1.27 bits per heavy atom. The Bertz CT molecular complexity index is 306. The lowest BCUT2D eigenvalue weighted by Gasteiger charge is -2.34. The molecule has 1 fully saturated rings. The standard InChI is InChI=1S/C12H16BrNO/c13-11-3-1-9(2-4-11)8-15-12-5-10(6-12)7-14/h1-4,10,12H,5-8,14H2. The molecule has 1 aromatic rings. The number of benzene rings is 1. The number of hydrogen-bond donors (Lipinski definition) is 1. The Morgan fingerprint density at radius 2 is 1.93 bits per heavy atom. The van der Waals surface area contributed by atoms with Crippen LogP contribution >= 0.6 is 15.9 Å². The molecule has 0 amide bonds. The number of halogens is 1. The van der Waals surface area contributed by atoms with Gasteiger partial charge in [-0.3, -0.25) is 0 Å².